The number of aryl methyl sites for hydroxylation is 1. The molecule has 0 spiro atoms. The van der Waals surface area contributed by atoms with E-state index in [4.69, 9.17) is 0 Å². The summed E-state index contributed by atoms with van der Waals surface area (Å²) in [7, 11) is -1.45. The van der Waals surface area contributed by atoms with Gasteiger partial charge >= 0.3 is 0 Å². The summed E-state index contributed by atoms with van der Waals surface area (Å²) in [5.41, 5.74) is 2.16. The summed E-state index contributed by atoms with van der Waals surface area (Å²) in [6.45, 7) is 1.97. The van der Waals surface area contributed by atoms with Gasteiger partial charge in [0.15, 0.2) is 0 Å². The lowest BCUT2D eigenvalue weighted by atomic mass is 10.1. The van der Waals surface area contributed by atoms with Crippen molar-refractivity contribution >= 4 is 26.7 Å². The van der Waals surface area contributed by atoms with Crippen molar-refractivity contribution in [3.63, 3.8) is 0 Å². The molecule has 1 nitrogen and oxygen atoms in total. The molecule has 1 atom stereocenters. The average Bonchev–Trinajstić information content (AvgIpc) is 2.56. The molecule has 3 aromatic carbocycles. The minimum atomic E-state index is -1.45. The Kier molecular flexibility index (Phi) is 4.74. The van der Waals surface area contributed by atoms with Crippen molar-refractivity contribution < 1.29 is 8.60 Å². The molecule has 0 N–H and O–H groups in total. The Morgan fingerprint density at radius 1 is 0.913 bits per heavy atom. The summed E-state index contributed by atoms with van der Waals surface area (Å²) in [4.78, 5) is 1.13. The first kappa shape index (κ1) is 16.1. The summed E-state index contributed by atoms with van der Waals surface area (Å²) in [5.74, 6) is -0.380. The van der Waals surface area contributed by atoms with Gasteiger partial charge in [0, 0.05) is 20.5 Å². The van der Waals surface area contributed by atoms with Crippen LogP contribution in [0.1, 0.15) is 5.56 Å². The maximum atomic E-state index is 14.5. The molecular formula is C19H14BrFOS. The first-order chi connectivity index (χ1) is 11.1. The molecule has 0 saturated carbocycles. The van der Waals surface area contributed by atoms with E-state index in [-0.39, 0.29) is 5.82 Å². The van der Waals surface area contributed by atoms with E-state index in [1.165, 1.54) is 6.07 Å². The zero-order chi connectivity index (χ0) is 16.4. The summed E-state index contributed by atoms with van der Waals surface area (Å²) in [6.07, 6.45) is 0. The smallest absolute Gasteiger partial charge is 0.132 e. The van der Waals surface area contributed by atoms with Crippen molar-refractivity contribution in [3.05, 3.63) is 82.6 Å². The maximum absolute atomic E-state index is 14.5. The molecule has 0 saturated heterocycles. The maximum Gasteiger partial charge on any atom is 0.132 e. The van der Waals surface area contributed by atoms with Gasteiger partial charge in [0.2, 0.25) is 0 Å². The van der Waals surface area contributed by atoms with Crippen LogP contribution >= 0.6 is 15.9 Å². The summed E-state index contributed by atoms with van der Waals surface area (Å²) < 4.78 is 28.2. The first-order valence-electron chi connectivity index (χ1n) is 7.10. The third-order valence-electron chi connectivity index (χ3n) is 3.55. The van der Waals surface area contributed by atoms with Crippen LogP contribution in [0.5, 0.6) is 0 Å². The van der Waals surface area contributed by atoms with Crippen LogP contribution < -0.4 is 0 Å². The highest BCUT2D eigenvalue weighted by atomic mass is 79.9. The van der Waals surface area contributed by atoms with Crippen molar-refractivity contribution in [1.29, 1.82) is 0 Å². The van der Waals surface area contributed by atoms with Crippen LogP contribution in [-0.2, 0) is 10.8 Å². The van der Waals surface area contributed by atoms with Gasteiger partial charge in [-0.2, -0.15) is 0 Å². The fourth-order valence-electron chi connectivity index (χ4n) is 2.37. The Labute approximate surface area is 145 Å². The third-order valence-corrected chi connectivity index (χ3v) is 5.68. The highest BCUT2D eigenvalue weighted by Crippen LogP contribution is 2.35. The predicted octanol–water partition coefficient (Wildman–Crippen LogP) is 5.73. The minimum Gasteiger partial charge on any atom is -0.249 e. The Hall–Kier alpha value is -1.78. The van der Waals surface area contributed by atoms with Crippen molar-refractivity contribution in [3.8, 4) is 11.1 Å². The van der Waals surface area contributed by atoms with E-state index in [1.807, 2.05) is 55.5 Å². The molecule has 0 radical (unpaired) electrons. The molecular weight excluding hydrogens is 375 g/mol. The fraction of sp³-hybridized carbons (Fsp3) is 0.0526. The zero-order valence-electron chi connectivity index (χ0n) is 12.4. The van der Waals surface area contributed by atoms with Crippen LogP contribution in [0.2, 0.25) is 0 Å². The van der Waals surface area contributed by atoms with Gasteiger partial charge in [0.25, 0.3) is 0 Å². The SMILES string of the molecule is Cc1ccc([S@](=O)c2cccc(F)c2-c2ccccc2Br)cc1. The standard InChI is InChI=1S/C19H14BrFOS/c1-13-9-11-14(12-10-13)23(22)18-8-4-7-17(21)19(18)15-5-2-3-6-16(15)20/h2-12H,1H3/t23-/m0/s1. The van der Waals surface area contributed by atoms with E-state index in [2.05, 4.69) is 15.9 Å². The van der Waals surface area contributed by atoms with Gasteiger partial charge in [-0.1, -0.05) is 57.9 Å². The molecule has 0 heterocycles. The molecule has 0 unspecified atom stereocenters. The molecule has 3 rings (SSSR count). The third kappa shape index (κ3) is 3.28. The molecule has 0 aliphatic heterocycles. The van der Waals surface area contributed by atoms with Crippen LogP contribution in [-0.4, -0.2) is 4.21 Å². The number of hydrogen-bond acceptors (Lipinski definition) is 1. The molecule has 0 aliphatic carbocycles. The molecule has 0 aromatic heterocycles. The van der Waals surface area contributed by atoms with Gasteiger partial charge < -0.3 is 0 Å². The normalized spacial score (nSPS) is 12.1. The molecule has 23 heavy (non-hydrogen) atoms. The number of rotatable bonds is 3. The van der Waals surface area contributed by atoms with Crippen molar-refractivity contribution in [2.75, 3.05) is 0 Å². The molecule has 0 fully saturated rings. The topological polar surface area (TPSA) is 17.1 Å². The summed E-state index contributed by atoms with van der Waals surface area (Å²) in [6, 6.07) is 19.5. The largest absolute Gasteiger partial charge is 0.249 e. The second kappa shape index (κ2) is 6.77. The second-order valence-electron chi connectivity index (χ2n) is 5.17. The fourth-order valence-corrected chi connectivity index (χ4v) is 4.09. The average molecular weight is 389 g/mol. The Morgan fingerprint density at radius 3 is 2.30 bits per heavy atom. The Bertz CT molecular complexity index is 875. The molecule has 116 valence electrons. The lowest BCUT2D eigenvalue weighted by Gasteiger charge is -2.12. The zero-order valence-corrected chi connectivity index (χ0v) is 14.8. The van der Waals surface area contributed by atoms with Gasteiger partial charge in [-0.05, 0) is 37.3 Å². The lowest BCUT2D eigenvalue weighted by molar-refractivity contribution is 0.626. The van der Waals surface area contributed by atoms with E-state index < -0.39 is 10.8 Å². The number of benzene rings is 3. The van der Waals surface area contributed by atoms with E-state index in [1.54, 1.807) is 12.1 Å². The highest BCUT2D eigenvalue weighted by Gasteiger charge is 2.18. The van der Waals surface area contributed by atoms with Crippen LogP contribution in [0.4, 0.5) is 4.39 Å². The van der Waals surface area contributed by atoms with Gasteiger partial charge in [0.05, 0.1) is 15.7 Å². The predicted molar refractivity (Wildman–Crippen MR) is 95.4 cm³/mol. The van der Waals surface area contributed by atoms with E-state index in [0.717, 1.165) is 10.0 Å². The second-order valence-corrected chi connectivity index (χ2v) is 7.48. The highest BCUT2D eigenvalue weighted by molar-refractivity contribution is 9.10. The quantitative estimate of drug-likeness (QED) is 0.559. The van der Waals surface area contributed by atoms with Gasteiger partial charge in [-0.25, -0.2) is 8.60 Å². The van der Waals surface area contributed by atoms with Crippen LogP contribution in [0, 0.1) is 12.7 Å². The minimum absolute atomic E-state index is 0.374. The van der Waals surface area contributed by atoms with Crippen molar-refractivity contribution in [2.45, 2.75) is 16.7 Å². The van der Waals surface area contributed by atoms with Crippen molar-refractivity contribution in [2.24, 2.45) is 0 Å². The summed E-state index contributed by atoms with van der Waals surface area (Å²) >= 11 is 3.45. The van der Waals surface area contributed by atoms with Gasteiger partial charge in [0.1, 0.15) is 5.82 Å². The molecule has 0 aliphatic rings. The van der Waals surface area contributed by atoms with Gasteiger partial charge in [-0.15, -0.1) is 0 Å². The molecule has 0 bridgehead atoms. The van der Waals surface area contributed by atoms with Gasteiger partial charge in [-0.3, -0.25) is 0 Å². The molecule has 3 aromatic rings. The molecule has 0 amide bonds. The lowest BCUT2D eigenvalue weighted by Crippen LogP contribution is -1.99. The van der Waals surface area contributed by atoms with Crippen LogP contribution in [0.25, 0.3) is 11.1 Å². The molecule has 4 heteroatoms. The first-order valence-corrected chi connectivity index (χ1v) is 9.04. The Morgan fingerprint density at radius 2 is 1.61 bits per heavy atom. The number of hydrogen-bond donors (Lipinski definition) is 0. The monoisotopic (exact) mass is 388 g/mol. The van der Waals surface area contributed by atoms with E-state index in [0.29, 0.717) is 20.9 Å². The van der Waals surface area contributed by atoms with E-state index in [9.17, 15) is 8.60 Å². The van der Waals surface area contributed by atoms with Crippen LogP contribution in [0.15, 0.2) is 81.0 Å². The van der Waals surface area contributed by atoms with Crippen LogP contribution in [0.3, 0.4) is 0 Å². The van der Waals surface area contributed by atoms with E-state index >= 15 is 0 Å². The number of halogens is 2. The Balaban J connectivity index is 2.17. The summed E-state index contributed by atoms with van der Waals surface area (Å²) in [5, 5.41) is 0. The van der Waals surface area contributed by atoms with Crippen molar-refractivity contribution in [1.82, 2.24) is 0 Å².